The molecular formula is C16H13N5OS. The van der Waals surface area contributed by atoms with E-state index in [1.807, 2.05) is 52.6 Å². The van der Waals surface area contributed by atoms with Gasteiger partial charge in [-0.1, -0.05) is 18.2 Å². The van der Waals surface area contributed by atoms with Crippen LogP contribution in [0.5, 0.6) is 0 Å². The molecule has 0 spiro atoms. The van der Waals surface area contributed by atoms with Gasteiger partial charge in [-0.05, 0) is 6.07 Å². The summed E-state index contributed by atoms with van der Waals surface area (Å²) in [4.78, 5) is 20.3. The molecule has 0 aliphatic carbocycles. The van der Waals surface area contributed by atoms with Crippen LogP contribution in [0.15, 0.2) is 53.3 Å². The van der Waals surface area contributed by atoms with E-state index >= 15 is 0 Å². The highest BCUT2D eigenvalue weighted by molar-refractivity contribution is 7.15. The van der Waals surface area contributed by atoms with Crippen molar-refractivity contribution in [1.82, 2.24) is 19.8 Å². The minimum Gasteiger partial charge on any atom is -0.361 e. The van der Waals surface area contributed by atoms with E-state index in [4.69, 9.17) is 0 Å². The first-order chi connectivity index (χ1) is 11.3. The van der Waals surface area contributed by atoms with Gasteiger partial charge < -0.3 is 4.98 Å². The van der Waals surface area contributed by atoms with E-state index in [1.54, 1.807) is 6.21 Å². The van der Waals surface area contributed by atoms with Crippen molar-refractivity contribution in [2.75, 3.05) is 0 Å². The van der Waals surface area contributed by atoms with Crippen molar-refractivity contribution in [2.24, 2.45) is 5.10 Å². The lowest BCUT2D eigenvalue weighted by Gasteiger charge is -1.96. The number of imidazole rings is 1. The Kier molecular flexibility index (Phi) is 3.39. The highest BCUT2D eigenvalue weighted by Crippen LogP contribution is 2.15. The van der Waals surface area contributed by atoms with Crippen molar-refractivity contribution in [3.8, 4) is 0 Å². The van der Waals surface area contributed by atoms with E-state index in [0.29, 0.717) is 0 Å². The van der Waals surface area contributed by atoms with E-state index in [2.05, 4.69) is 20.5 Å². The molecule has 114 valence electrons. The number of fused-ring (bicyclic) bond motifs is 2. The first-order valence-electron chi connectivity index (χ1n) is 7.09. The van der Waals surface area contributed by atoms with Crippen LogP contribution in [-0.4, -0.2) is 26.5 Å². The number of amides is 1. The SMILES string of the molecule is O=C(Cc1cn2ccsc2n1)NN=Cc1c[nH]c2ccccc12. The van der Waals surface area contributed by atoms with Crippen LogP contribution in [0.1, 0.15) is 11.3 Å². The van der Waals surface area contributed by atoms with Gasteiger partial charge in [0.2, 0.25) is 5.91 Å². The molecule has 1 aromatic carbocycles. The molecule has 0 saturated heterocycles. The van der Waals surface area contributed by atoms with Crippen molar-refractivity contribution in [1.29, 1.82) is 0 Å². The minimum absolute atomic E-state index is 0.188. The van der Waals surface area contributed by atoms with Crippen molar-refractivity contribution < 1.29 is 4.79 Å². The lowest BCUT2D eigenvalue weighted by atomic mass is 10.2. The zero-order valence-corrected chi connectivity index (χ0v) is 12.9. The van der Waals surface area contributed by atoms with Crippen LogP contribution in [-0.2, 0) is 11.2 Å². The monoisotopic (exact) mass is 323 g/mol. The summed E-state index contributed by atoms with van der Waals surface area (Å²) in [6, 6.07) is 7.94. The van der Waals surface area contributed by atoms with Crippen LogP contribution in [0, 0.1) is 0 Å². The van der Waals surface area contributed by atoms with Gasteiger partial charge in [0.05, 0.1) is 18.3 Å². The third kappa shape index (κ3) is 2.74. The standard InChI is InChI=1S/C16H13N5OS/c22-15(7-12-10-21-5-6-23-16(21)19-12)20-18-9-11-8-17-14-4-2-1-3-13(11)14/h1-6,8-10,17H,7H2,(H,20,22). The van der Waals surface area contributed by atoms with Gasteiger partial charge in [-0.3, -0.25) is 9.20 Å². The number of aromatic amines is 1. The molecule has 0 unspecified atom stereocenters. The van der Waals surface area contributed by atoms with E-state index in [9.17, 15) is 4.79 Å². The zero-order valence-electron chi connectivity index (χ0n) is 12.1. The van der Waals surface area contributed by atoms with Gasteiger partial charge in [-0.2, -0.15) is 5.10 Å². The molecule has 0 fully saturated rings. The summed E-state index contributed by atoms with van der Waals surface area (Å²) in [5.41, 5.74) is 5.25. The fourth-order valence-corrected chi connectivity index (χ4v) is 3.16. The van der Waals surface area contributed by atoms with Crippen LogP contribution < -0.4 is 5.43 Å². The maximum Gasteiger partial charge on any atom is 0.246 e. The quantitative estimate of drug-likeness (QED) is 0.447. The number of carbonyl (C=O) groups excluding carboxylic acids is 1. The van der Waals surface area contributed by atoms with E-state index < -0.39 is 0 Å². The third-order valence-electron chi connectivity index (χ3n) is 3.50. The topological polar surface area (TPSA) is 74.6 Å². The van der Waals surface area contributed by atoms with Crippen molar-refractivity contribution in [2.45, 2.75) is 6.42 Å². The minimum atomic E-state index is -0.188. The van der Waals surface area contributed by atoms with Gasteiger partial charge in [-0.15, -0.1) is 11.3 Å². The average Bonchev–Trinajstić information content (AvgIpc) is 3.22. The number of carbonyl (C=O) groups is 1. The smallest absolute Gasteiger partial charge is 0.246 e. The molecule has 0 bridgehead atoms. The van der Waals surface area contributed by atoms with Crippen molar-refractivity contribution in [3.63, 3.8) is 0 Å². The number of H-pyrrole nitrogens is 1. The van der Waals surface area contributed by atoms with Crippen LogP contribution in [0.3, 0.4) is 0 Å². The van der Waals surface area contributed by atoms with Gasteiger partial charge in [0, 0.05) is 40.4 Å². The van der Waals surface area contributed by atoms with Crippen molar-refractivity contribution in [3.05, 3.63) is 59.5 Å². The Hall–Kier alpha value is -2.93. The highest BCUT2D eigenvalue weighted by Gasteiger charge is 2.07. The number of thiazole rings is 1. The Morgan fingerprint density at radius 2 is 2.35 bits per heavy atom. The van der Waals surface area contributed by atoms with Gasteiger partial charge in [0.1, 0.15) is 0 Å². The Balaban J connectivity index is 1.41. The lowest BCUT2D eigenvalue weighted by Crippen LogP contribution is -2.19. The van der Waals surface area contributed by atoms with Crippen LogP contribution in [0.25, 0.3) is 15.9 Å². The summed E-state index contributed by atoms with van der Waals surface area (Å²) in [5.74, 6) is -0.188. The molecule has 4 rings (SSSR count). The molecule has 0 radical (unpaired) electrons. The molecule has 3 heterocycles. The number of hydrazone groups is 1. The zero-order chi connectivity index (χ0) is 15.6. The molecule has 7 heteroatoms. The first-order valence-corrected chi connectivity index (χ1v) is 7.97. The normalized spacial score (nSPS) is 11.7. The van der Waals surface area contributed by atoms with Gasteiger partial charge in [0.25, 0.3) is 0 Å². The van der Waals surface area contributed by atoms with Crippen LogP contribution >= 0.6 is 11.3 Å². The number of rotatable bonds is 4. The first kappa shape index (κ1) is 13.7. The third-order valence-corrected chi connectivity index (χ3v) is 4.27. The van der Waals surface area contributed by atoms with Crippen LogP contribution in [0.4, 0.5) is 0 Å². The average molecular weight is 323 g/mol. The van der Waals surface area contributed by atoms with E-state index in [0.717, 1.165) is 27.1 Å². The van der Waals surface area contributed by atoms with Gasteiger partial charge in [0.15, 0.2) is 4.96 Å². The fraction of sp³-hybridized carbons (Fsp3) is 0.0625. The number of hydrogen-bond donors (Lipinski definition) is 2. The second kappa shape index (κ2) is 5.69. The summed E-state index contributed by atoms with van der Waals surface area (Å²) >= 11 is 1.54. The van der Waals surface area contributed by atoms with E-state index in [-0.39, 0.29) is 12.3 Å². The number of nitrogens with one attached hydrogen (secondary N) is 2. The molecule has 0 atom stereocenters. The molecule has 6 nitrogen and oxygen atoms in total. The molecule has 23 heavy (non-hydrogen) atoms. The number of nitrogens with zero attached hydrogens (tertiary/aromatic N) is 3. The molecule has 0 aliphatic rings. The highest BCUT2D eigenvalue weighted by atomic mass is 32.1. The molecule has 0 aliphatic heterocycles. The maximum absolute atomic E-state index is 11.9. The van der Waals surface area contributed by atoms with Gasteiger partial charge in [-0.25, -0.2) is 10.4 Å². The molecular weight excluding hydrogens is 310 g/mol. The second-order valence-corrected chi connectivity index (χ2v) is 5.96. The van der Waals surface area contributed by atoms with Crippen molar-refractivity contribution >= 4 is 39.3 Å². The predicted octanol–water partition coefficient (Wildman–Crippen LogP) is 2.57. The summed E-state index contributed by atoms with van der Waals surface area (Å²) in [7, 11) is 0. The molecule has 2 N–H and O–H groups in total. The summed E-state index contributed by atoms with van der Waals surface area (Å²) < 4.78 is 1.91. The molecule has 3 aromatic heterocycles. The number of benzene rings is 1. The number of hydrogen-bond acceptors (Lipinski definition) is 4. The second-order valence-electron chi connectivity index (χ2n) is 5.08. The van der Waals surface area contributed by atoms with Crippen LogP contribution in [0.2, 0.25) is 0 Å². The lowest BCUT2D eigenvalue weighted by molar-refractivity contribution is -0.120. The Morgan fingerprint density at radius 3 is 3.26 bits per heavy atom. The Morgan fingerprint density at radius 1 is 1.43 bits per heavy atom. The number of aromatic nitrogens is 3. The Labute approximate surface area is 135 Å². The molecule has 1 amide bonds. The predicted molar refractivity (Wildman–Crippen MR) is 90.8 cm³/mol. The summed E-state index contributed by atoms with van der Waals surface area (Å²) in [6.45, 7) is 0. The largest absolute Gasteiger partial charge is 0.361 e. The van der Waals surface area contributed by atoms with Gasteiger partial charge >= 0.3 is 0 Å². The Bertz CT molecular complexity index is 981. The number of para-hydroxylation sites is 1. The molecule has 4 aromatic rings. The summed E-state index contributed by atoms with van der Waals surface area (Å²) in [5, 5.41) is 7.05. The maximum atomic E-state index is 11.9. The molecule has 0 saturated carbocycles. The fourth-order valence-electron chi connectivity index (χ4n) is 2.44. The van der Waals surface area contributed by atoms with E-state index in [1.165, 1.54) is 11.3 Å². The summed E-state index contributed by atoms with van der Waals surface area (Å²) in [6.07, 6.45) is 7.49.